The molecule has 0 bridgehead atoms. The van der Waals surface area contributed by atoms with E-state index in [4.69, 9.17) is 10.2 Å². The molecule has 2 N–H and O–H groups in total. The third kappa shape index (κ3) is 4.84. The summed E-state index contributed by atoms with van der Waals surface area (Å²) in [5.74, 6) is 1.92. The quantitative estimate of drug-likeness (QED) is 0.703. The SMILES string of the molecule is CCCC1CCCC(CCC(CO)CO)C1. The second-order valence-corrected chi connectivity index (χ2v) is 5.50. The zero-order valence-corrected chi connectivity index (χ0v) is 10.7. The Kier molecular flexibility index (Phi) is 7.06. The van der Waals surface area contributed by atoms with Crippen LogP contribution >= 0.6 is 0 Å². The molecule has 1 aliphatic carbocycles. The third-order valence-corrected chi connectivity index (χ3v) is 4.09. The van der Waals surface area contributed by atoms with Gasteiger partial charge in [0.05, 0.1) is 0 Å². The summed E-state index contributed by atoms with van der Waals surface area (Å²) in [4.78, 5) is 0. The van der Waals surface area contributed by atoms with Crippen LogP contribution in [-0.2, 0) is 0 Å². The minimum atomic E-state index is 0.117. The lowest BCUT2D eigenvalue weighted by Crippen LogP contribution is -2.18. The number of aliphatic hydroxyl groups is 2. The van der Waals surface area contributed by atoms with Gasteiger partial charge in [-0.15, -0.1) is 0 Å². The van der Waals surface area contributed by atoms with Crippen molar-refractivity contribution in [3.05, 3.63) is 0 Å². The fraction of sp³-hybridized carbons (Fsp3) is 1.00. The molecular weight excluding hydrogens is 200 g/mol. The van der Waals surface area contributed by atoms with Crippen LogP contribution in [0.2, 0.25) is 0 Å². The fourth-order valence-electron chi connectivity index (χ4n) is 3.05. The van der Waals surface area contributed by atoms with E-state index >= 15 is 0 Å². The van der Waals surface area contributed by atoms with Gasteiger partial charge in [-0.05, 0) is 24.7 Å². The van der Waals surface area contributed by atoms with Gasteiger partial charge in [-0.2, -0.15) is 0 Å². The van der Waals surface area contributed by atoms with Gasteiger partial charge in [0.15, 0.2) is 0 Å². The Labute approximate surface area is 100 Å². The van der Waals surface area contributed by atoms with Crippen LogP contribution in [0.15, 0.2) is 0 Å². The van der Waals surface area contributed by atoms with E-state index in [-0.39, 0.29) is 19.1 Å². The van der Waals surface area contributed by atoms with Crippen LogP contribution in [0.5, 0.6) is 0 Å². The molecule has 2 heteroatoms. The molecule has 0 saturated heterocycles. The molecule has 1 aliphatic rings. The van der Waals surface area contributed by atoms with Crippen LogP contribution in [0.25, 0.3) is 0 Å². The maximum atomic E-state index is 9.03. The van der Waals surface area contributed by atoms with E-state index in [1.807, 2.05) is 0 Å². The molecule has 0 aromatic carbocycles. The maximum Gasteiger partial charge on any atom is 0.0481 e. The smallest absolute Gasteiger partial charge is 0.0481 e. The van der Waals surface area contributed by atoms with Crippen molar-refractivity contribution in [1.29, 1.82) is 0 Å². The molecule has 0 radical (unpaired) electrons. The van der Waals surface area contributed by atoms with Gasteiger partial charge in [-0.3, -0.25) is 0 Å². The lowest BCUT2D eigenvalue weighted by Gasteiger charge is -2.29. The summed E-state index contributed by atoms with van der Waals surface area (Å²) in [6, 6.07) is 0. The van der Waals surface area contributed by atoms with Gasteiger partial charge in [0.1, 0.15) is 0 Å². The summed E-state index contributed by atoms with van der Waals surface area (Å²) in [6.07, 6.45) is 10.5. The van der Waals surface area contributed by atoms with Gasteiger partial charge in [0, 0.05) is 19.1 Å². The van der Waals surface area contributed by atoms with E-state index in [0.29, 0.717) is 0 Å². The van der Waals surface area contributed by atoms with Crippen LogP contribution in [0.1, 0.15) is 58.3 Å². The fourth-order valence-corrected chi connectivity index (χ4v) is 3.05. The Morgan fingerprint density at radius 1 is 1.06 bits per heavy atom. The molecule has 96 valence electrons. The minimum absolute atomic E-state index is 0.117. The first-order chi connectivity index (χ1) is 7.80. The largest absolute Gasteiger partial charge is 0.396 e. The Morgan fingerprint density at radius 3 is 2.25 bits per heavy atom. The maximum absolute atomic E-state index is 9.03. The van der Waals surface area contributed by atoms with Crippen LogP contribution in [0.3, 0.4) is 0 Å². The molecule has 2 unspecified atom stereocenters. The van der Waals surface area contributed by atoms with Crippen LogP contribution in [0, 0.1) is 17.8 Å². The van der Waals surface area contributed by atoms with Crippen molar-refractivity contribution < 1.29 is 10.2 Å². The van der Waals surface area contributed by atoms with Crippen molar-refractivity contribution in [2.45, 2.75) is 58.3 Å². The monoisotopic (exact) mass is 228 g/mol. The molecule has 2 nitrogen and oxygen atoms in total. The lowest BCUT2D eigenvalue weighted by molar-refractivity contribution is 0.131. The average Bonchev–Trinajstić information content (AvgIpc) is 2.31. The van der Waals surface area contributed by atoms with Gasteiger partial charge in [-0.1, -0.05) is 45.4 Å². The van der Waals surface area contributed by atoms with Crippen molar-refractivity contribution in [3.8, 4) is 0 Å². The summed E-state index contributed by atoms with van der Waals surface area (Å²) in [5, 5.41) is 18.1. The highest BCUT2D eigenvalue weighted by molar-refractivity contribution is 4.74. The molecule has 1 fully saturated rings. The molecule has 2 atom stereocenters. The first kappa shape index (κ1) is 14.0. The van der Waals surface area contributed by atoms with Crippen LogP contribution in [0.4, 0.5) is 0 Å². The molecule has 1 rings (SSSR count). The van der Waals surface area contributed by atoms with E-state index < -0.39 is 0 Å². The third-order valence-electron chi connectivity index (χ3n) is 4.09. The zero-order valence-electron chi connectivity index (χ0n) is 10.7. The molecule has 16 heavy (non-hydrogen) atoms. The molecule has 0 aromatic heterocycles. The second-order valence-electron chi connectivity index (χ2n) is 5.50. The molecule has 0 spiro atoms. The van der Waals surface area contributed by atoms with Gasteiger partial charge in [-0.25, -0.2) is 0 Å². The normalized spacial score (nSPS) is 26.2. The zero-order chi connectivity index (χ0) is 11.8. The van der Waals surface area contributed by atoms with Crippen LogP contribution < -0.4 is 0 Å². The number of rotatable bonds is 7. The summed E-state index contributed by atoms with van der Waals surface area (Å²) < 4.78 is 0. The summed E-state index contributed by atoms with van der Waals surface area (Å²) in [7, 11) is 0. The molecular formula is C14H28O2. The first-order valence-corrected chi connectivity index (χ1v) is 7.01. The number of aliphatic hydroxyl groups excluding tert-OH is 2. The molecule has 0 aliphatic heterocycles. The highest BCUT2D eigenvalue weighted by Gasteiger charge is 2.21. The van der Waals surface area contributed by atoms with Crippen molar-refractivity contribution in [3.63, 3.8) is 0 Å². The summed E-state index contributed by atoms with van der Waals surface area (Å²) in [6.45, 7) is 2.56. The van der Waals surface area contributed by atoms with Gasteiger partial charge in [0.25, 0.3) is 0 Å². The minimum Gasteiger partial charge on any atom is -0.396 e. The molecule has 1 saturated carbocycles. The number of hydrogen-bond acceptors (Lipinski definition) is 2. The number of hydrogen-bond donors (Lipinski definition) is 2. The highest BCUT2D eigenvalue weighted by atomic mass is 16.3. The first-order valence-electron chi connectivity index (χ1n) is 7.01. The van der Waals surface area contributed by atoms with Gasteiger partial charge < -0.3 is 10.2 Å². The van der Waals surface area contributed by atoms with Crippen molar-refractivity contribution in [1.82, 2.24) is 0 Å². The second kappa shape index (κ2) is 8.08. The topological polar surface area (TPSA) is 40.5 Å². The van der Waals surface area contributed by atoms with E-state index in [9.17, 15) is 0 Å². The van der Waals surface area contributed by atoms with Gasteiger partial charge in [0.2, 0.25) is 0 Å². The average molecular weight is 228 g/mol. The molecule has 0 heterocycles. The standard InChI is InChI=1S/C14H28O2/c1-2-4-12-5-3-6-13(9-12)7-8-14(10-15)11-16/h12-16H,2-11H2,1H3. The summed E-state index contributed by atoms with van der Waals surface area (Å²) in [5.41, 5.74) is 0. The molecule has 0 aromatic rings. The highest BCUT2D eigenvalue weighted by Crippen LogP contribution is 2.34. The van der Waals surface area contributed by atoms with Crippen molar-refractivity contribution >= 4 is 0 Å². The van der Waals surface area contributed by atoms with E-state index in [1.165, 1.54) is 44.9 Å². The van der Waals surface area contributed by atoms with Gasteiger partial charge >= 0.3 is 0 Å². The van der Waals surface area contributed by atoms with Crippen LogP contribution in [-0.4, -0.2) is 23.4 Å². The summed E-state index contributed by atoms with van der Waals surface area (Å²) >= 11 is 0. The van der Waals surface area contributed by atoms with Crippen molar-refractivity contribution in [2.75, 3.05) is 13.2 Å². The Balaban J connectivity index is 2.20. The Hall–Kier alpha value is -0.0800. The predicted octanol–water partition coefficient (Wildman–Crippen LogP) is 2.97. The van der Waals surface area contributed by atoms with Crippen molar-refractivity contribution in [2.24, 2.45) is 17.8 Å². The van der Waals surface area contributed by atoms with E-state index in [2.05, 4.69) is 6.92 Å². The van der Waals surface area contributed by atoms with E-state index in [0.717, 1.165) is 18.3 Å². The Morgan fingerprint density at radius 2 is 1.69 bits per heavy atom. The predicted molar refractivity (Wildman–Crippen MR) is 67.3 cm³/mol. The van der Waals surface area contributed by atoms with E-state index in [1.54, 1.807) is 0 Å². The molecule has 0 amide bonds. The Bertz CT molecular complexity index is 164. The lowest BCUT2D eigenvalue weighted by atomic mass is 9.77.